The second kappa shape index (κ2) is 4.81. The lowest BCUT2D eigenvalue weighted by atomic mass is 10.3. The van der Waals surface area contributed by atoms with Gasteiger partial charge in [-0.1, -0.05) is 6.08 Å². The summed E-state index contributed by atoms with van der Waals surface area (Å²) < 4.78 is 6.56. The van der Waals surface area contributed by atoms with Gasteiger partial charge in [0.25, 0.3) is 0 Å². The lowest BCUT2D eigenvalue weighted by molar-refractivity contribution is -0.119. The van der Waals surface area contributed by atoms with Crippen LogP contribution in [0.3, 0.4) is 0 Å². The van der Waals surface area contributed by atoms with E-state index in [4.69, 9.17) is 7.15 Å². The third kappa shape index (κ3) is 3.09. The summed E-state index contributed by atoms with van der Waals surface area (Å²) in [6.07, 6.45) is 3.37. The number of amides is 1. The molecule has 0 saturated heterocycles. The minimum absolute atomic E-state index is 0.176. The van der Waals surface area contributed by atoms with Gasteiger partial charge in [0.15, 0.2) is 1.41 Å². The standard InChI is InChI=1S/C6H13N3O/c1-2-3-9-5(4-7)6(8)10/h2-3,5,9H,4,7H2,1H3,(H2,8,10)/t5-/m0/s1/i/hT. The molecule has 0 saturated carbocycles. The number of nitrogens with one attached hydrogen (secondary N) is 1. The molecule has 4 heteroatoms. The molecule has 0 aromatic heterocycles. The highest BCUT2D eigenvalue weighted by molar-refractivity contribution is 5.80. The summed E-state index contributed by atoms with van der Waals surface area (Å²) in [5.74, 6) is -0.425. The molecule has 0 aliphatic rings. The summed E-state index contributed by atoms with van der Waals surface area (Å²) in [5, 5.41) is 2.73. The van der Waals surface area contributed by atoms with Gasteiger partial charge in [0.2, 0.25) is 5.91 Å². The number of carbonyl (C=O) groups is 1. The highest BCUT2D eigenvalue weighted by atomic mass is 16.1. The van der Waals surface area contributed by atoms with Crippen molar-refractivity contribution in [3.8, 4) is 0 Å². The number of nitrogens with two attached hydrogens (primary N) is 2. The average molecular weight is 145 g/mol. The Kier molecular flexibility index (Phi) is 3.41. The highest BCUT2D eigenvalue weighted by Gasteiger charge is 2.08. The molecule has 1 amide bonds. The van der Waals surface area contributed by atoms with E-state index in [1.807, 2.05) is 6.92 Å². The van der Waals surface area contributed by atoms with Crippen LogP contribution in [0.1, 0.15) is 6.92 Å². The zero-order valence-electron chi connectivity index (χ0n) is 6.92. The van der Waals surface area contributed by atoms with Crippen LogP contribution in [-0.2, 0) is 4.79 Å². The number of primary amides is 1. The van der Waals surface area contributed by atoms with Crippen molar-refractivity contribution in [3.05, 3.63) is 12.3 Å². The fraction of sp³-hybridized carbons (Fsp3) is 0.500. The minimum atomic E-state index is -0.510. The predicted octanol–water partition coefficient (Wildman–Crippen LogP) is -1.08. The Morgan fingerprint density at radius 2 is 2.70 bits per heavy atom. The van der Waals surface area contributed by atoms with Gasteiger partial charge in [-0.25, -0.2) is 0 Å². The fourth-order valence-corrected chi connectivity index (χ4v) is 0.463. The molecule has 0 rings (SSSR count). The lowest BCUT2D eigenvalue weighted by Crippen LogP contribution is -2.44. The maximum atomic E-state index is 10.8. The number of hydrogen-bond donors (Lipinski definition) is 3. The zero-order valence-corrected chi connectivity index (χ0v) is 5.92. The van der Waals surface area contributed by atoms with Crippen LogP contribution in [0.5, 0.6) is 0 Å². The summed E-state index contributed by atoms with van der Waals surface area (Å²) in [7, 11) is 0. The molecule has 0 spiro atoms. The summed E-state index contributed by atoms with van der Waals surface area (Å²) >= 11 is 0. The molecule has 0 bridgehead atoms. The van der Waals surface area contributed by atoms with Crippen molar-refractivity contribution in [2.45, 2.75) is 13.0 Å². The molecular formula is C6H13N3O. The number of carbonyl (C=O) groups excluding carboxylic acids is 1. The van der Waals surface area contributed by atoms with Gasteiger partial charge >= 0.3 is 0 Å². The van der Waals surface area contributed by atoms with Crippen LogP contribution in [0.15, 0.2) is 12.3 Å². The van der Waals surface area contributed by atoms with Gasteiger partial charge in [0.05, 0.1) is 0 Å². The van der Waals surface area contributed by atoms with E-state index in [-0.39, 0.29) is 6.54 Å². The van der Waals surface area contributed by atoms with Crippen LogP contribution < -0.4 is 16.8 Å². The lowest BCUT2D eigenvalue weighted by Gasteiger charge is -2.09. The molecule has 58 valence electrons. The Labute approximate surface area is 61.7 Å². The Morgan fingerprint density at radius 1 is 2.00 bits per heavy atom. The molecule has 0 fully saturated rings. The van der Waals surface area contributed by atoms with Crippen LogP contribution >= 0.6 is 0 Å². The van der Waals surface area contributed by atoms with E-state index >= 15 is 0 Å². The quantitative estimate of drug-likeness (QED) is 0.471. The smallest absolute Gasteiger partial charge is 0.241 e. The zero-order chi connectivity index (χ0) is 8.69. The van der Waals surface area contributed by atoms with Crippen molar-refractivity contribution in [2.24, 2.45) is 11.5 Å². The van der Waals surface area contributed by atoms with Gasteiger partial charge in [-0.3, -0.25) is 4.79 Å². The fourth-order valence-electron chi connectivity index (χ4n) is 0.463. The number of rotatable bonds is 4. The van der Waals surface area contributed by atoms with Gasteiger partial charge in [0.1, 0.15) is 6.04 Å². The van der Waals surface area contributed by atoms with Gasteiger partial charge < -0.3 is 16.8 Å². The molecule has 0 aliphatic heterocycles. The van der Waals surface area contributed by atoms with Crippen LogP contribution in [0.25, 0.3) is 0 Å². The van der Waals surface area contributed by atoms with Crippen molar-refractivity contribution in [1.82, 2.24) is 5.32 Å². The van der Waals surface area contributed by atoms with Crippen LogP contribution in [0.4, 0.5) is 0 Å². The topological polar surface area (TPSA) is 81.1 Å². The SMILES string of the molecule is [3H]NC(=O)[C@H](CN)NC=CC. The first kappa shape index (κ1) is 7.08. The Hall–Kier alpha value is -1.03. The van der Waals surface area contributed by atoms with Crippen molar-refractivity contribution >= 4 is 5.91 Å². The van der Waals surface area contributed by atoms with Crippen molar-refractivity contribution in [2.75, 3.05) is 6.54 Å². The molecule has 5 N–H and O–H groups in total. The van der Waals surface area contributed by atoms with Crippen molar-refractivity contribution in [3.63, 3.8) is 0 Å². The second-order valence-electron chi connectivity index (χ2n) is 1.82. The molecule has 4 nitrogen and oxygen atoms in total. The minimum Gasteiger partial charge on any atom is -0.379 e. The van der Waals surface area contributed by atoms with E-state index in [0.717, 1.165) is 0 Å². The highest BCUT2D eigenvalue weighted by Crippen LogP contribution is 1.77. The van der Waals surface area contributed by atoms with E-state index < -0.39 is 11.9 Å². The van der Waals surface area contributed by atoms with Gasteiger partial charge in [-0.2, -0.15) is 0 Å². The maximum absolute atomic E-state index is 10.8. The summed E-state index contributed by atoms with van der Waals surface area (Å²) in [4.78, 5) is 10.8. The van der Waals surface area contributed by atoms with Crippen LogP contribution in [0.2, 0.25) is 1.41 Å². The number of allylic oxidation sites excluding steroid dienone is 1. The van der Waals surface area contributed by atoms with E-state index in [9.17, 15) is 4.79 Å². The first-order valence-corrected chi connectivity index (χ1v) is 3.05. The molecule has 0 heterocycles. The second-order valence-corrected chi connectivity index (χ2v) is 1.82. The number of hydrogen-bond acceptors (Lipinski definition) is 3. The summed E-state index contributed by atoms with van der Waals surface area (Å²) in [6.45, 7) is 1.99. The molecule has 0 aliphatic carbocycles. The molecule has 1 atom stereocenters. The Balaban J connectivity index is 3.84. The van der Waals surface area contributed by atoms with E-state index in [0.29, 0.717) is 0 Å². The van der Waals surface area contributed by atoms with Gasteiger partial charge in [-0.15, -0.1) is 0 Å². The van der Waals surface area contributed by atoms with E-state index in [1.165, 1.54) is 0 Å². The van der Waals surface area contributed by atoms with E-state index in [2.05, 4.69) is 5.32 Å². The monoisotopic (exact) mass is 145 g/mol. The van der Waals surface area contributed by atoms with Crippen LogP contribution in [0, 0.1) is 0 Å². The molecule has 10 heavy (non-hydrogen) atoms. The van der Waals surface area contributed by atoms with Crippen molar-refractivity contribution < 1.29 is 6.21 Å². The molecule has 0 radical (unpaired) electrons. The summed E-state index contributed by atoms with van der Waals surface area (Å²) in [6, 6.07) is -0.510. The largest absolute Gasteiger partial charge is 0.379 e. The Bertz CT molecular complexity index is 149. The van der Waals surface area contributed by atoms with E-state index in [1.54, 1.807) is 18.0 Å². The molecule has 0 aromatic rings. The molecular weight excluding hydrogens is 130 g/mol. The molecule has 0 aromatic carbocycles. The summed E-state index contributed by atoms with van der Waals surface area (Å²) in [5.41, 5.74) is 7.01. The Morgan fingerprint density at radius 3 is 3.10 bits per heavy atom. The predicted molar refractivity (Wildman–Crippen MR) is 40.0 cm³/mol. The first-order chi connectivity index (χ1) is 5.26. The normalized spacial score (nSPS) is 14.4. The molecule has 0 unspecified atom stereocenters. The van der Waals surface area contributed by atoms with Crippen LogP contribution in [-0.4, -0.2) is 18.5 Å². The third-order valence-corrected chi connectivity index (χ3v) is 1.02. The van der Waals surface area contributed by atoms with Gasteiger partial charge in [-0.05, 0) is 13.1 Å². The first-order valence-electron chi connectivity index (χ1n) is 3.55. The maximum Gasteiger partial charge on any atom is 0.241 e. The average Bonchev–Trinajstić information content (AvgIpc) is 2.05. The third-order valence-electron chi connectivity index (χ3n) is 1.02. The van der Waals surface area contributed by atoms with Gasteiger partial charge in [0, 0.05) is 6.54 Å². The van der Waals surface area contributed by atoms with Crippen molar-refractivity contribution in [1.29, 1.82) is 0 Å².